The van der Waals surface area contributed by atoms with E-state index in [9.17, 15) is 29.1 Å². The molecule has 0 radical (unpaired) electrons. The van der Waals surface area contributed by atoms with Gasteiger partial charge < -0.3 is 9.84 Å². The number of ether oxygens (including phenoxy) is 1. The molecule has 1 N–H and O–H groups in total. The largest absolute Gasteiger partial charge is 0.495 e. The number of aliphatic hydroxyl groups is 1. The molecule has 2 heterocycles. The first-order valence-electron chi connectivity index (χ1n) is 12.3. The van der Waals surface area contributed by atoms with Gasteiger partial charge in [-0.3, -0.25) is 24.0 Å². The monoisotopic (exact) mass is 532 g/mol. The maximum absolute atomic E-state index is 13.5. The molecule has 0 aliphatic carbocycles. The molecule has 4 amide bonds. The van der Waals surface area contributed by atoms with Gasteiger partial charge in [0.05, 0.1) is 47.3 Å². The van der Waals surface area contributed by atoms with E-state index < -0.39 is 29.4 Å². The molecule has 6 rings (SSSR count). The van der Waals surface area contributed by atoms with Crippen LogP contribution in [0.5, 0.6) is 5.75 Å². The van der Waals surface area contributed by atoms with Gasteiger partial charge in [0.1, 0.15) is 5.75 Å². The molecule has 0 unspecified atom stereocenters. The van der Waals surface area contributed by atoms with Crippen LogP contribution in [0.15, 0.2) is 84.9 Å². The quantitative estimate of drug-likeness (QED) is 0.294. The summed E-state index contributed by atoms with van der Waals surface area (Å²) in [5.74, 6) is -2.44. The maximum Gasteiger partial charge on any atom is 0.266 e. The lowest BCUT2D eigenvalue weighted by molar-refractivity contribution is 0.0909. The van der Waals surface area contributed by atoms with Crippen LogP contribution in [-0.2, 0) is 6.61 Å². The predicted molar refractivity (Wildman–Crippen MR) is 144 cm³/mol. The highest BCUT2D eigenvalue weighted by Crippen LogP contribution is 2.36. The molecule has 2 aliphatic heterocycles. The van der Waals surface area contributed by atoms with E-state index in [0.29, 0.717) is 17.0 Å². The Hall–Kier alpha value is -5.41. The van der Waals surface area contributed by atoms with Crippen molar-refractivity contribution in [3.63, 3.8) is 0 Å². The molecule has 0 saturated carbocycles. The molecule has 0 saturated heterocycles. The van der Waals surface area contributed by atoms with Crippen molar-refractivity contribution in [3.8, 4) is 5.75 Å². The van der Waals surface area contributed by atoms with Crippen LogP contribution < -0.4 is 14.5 Å². The number of amides is 4. The van der Waals surface area contributed by atoms with Crippen LogP contribution in [-0.4, -0.2) is 41.6 Å². The van der Waals surface area contributed by atoms with Crippen molar-refractivity contribution >= 4 is 40.8 Å². The van der Waals surface area contributed by atoms with Gasteiger partial charge in [-0.2, -0.15) is 0 Å². The van der Waals surface area contributed by atoms with Gasteiger partial charge >= 0.3 is 0 Å². The van der Waals surface area contributed by atoms with Crippen molar-refractivity contribution in [2.75, 3.05) is 16.9 Å². The molecule has 0 atom stereocenters. The molecule has 0 fully saturated rings. The maximum atomic E-state index is 13.5. The van der Waals surface area contributed by atoms with Gasteiger partial charge in [0.15, 0.2) is 5.78 Å². The molecule has 0 aromatic heterocycles. The van der Waals surface area contributed by atoms with Crippen LogP contribution in [0.2, 0.25) is 0 Å². The number of ketones is 1. The number of aliphatic hydroxyl groups excluding tert-OH is 1. The zero-order valence-corrected chi connectivity index (χ0v) is 21.1. The van der Waals surface area contributed by atoms with Crippen molar-refractivity contribution in [3.05, 3.63) is 124 Å². The van der Waals surface area contributed by atoms with Gasteiger partial charge in [0, 0.05) is 16.7 Å². The van der Waals surface area contributed by atoms with E-state index in [4.69, 9.17) is 4.74 Å². The first-order valence-corrected chi connectivity index (χ1v) is 12.3. The number of anilines is 2. The minimum Gasteiger partial charge on any atom is -0.495 e. The first-order chi connectivity index (χ1) is 19.3. The molecule has 0 spiro atoms. The Labute approximate surface area is 227 Å². The van der Waals surface area contributed by atoms with Crippen molar-refractivity contribution in [2.24, 2.45) is 0 Å². The van der Waals surface area contributed by atoms with Gasteiger partial charge in [-0.25, -0.2) is 9.80 Å². The molecule has 4 aromatic rings. The third-order valence-corrected chi connectivity index (χ3v) is 7.03. The van der Waals surface area contributed by atoms with E-state index in [1.165, 1.54) is 43.5 Å². The zero-order valence-electron chi connectivity index (χ0n) is 21.1. The fourth-order valence-electron chi connectivity index (χ4n) is 5.05. The highest BCUT2D eigenvalue weighted by molar-refractivity contribution is 6.36. The molecular formula is C31H20N2O7. The molecule has 2 aliphatic rings. The highest BCUT2D eigenvalue weighted by Gasteiger charge is 2.40. The van der Waals surface area contributed by atoms with Crippen LogP contribution in [0.3, 0.4) is 0 Å². The number of rotatable bonds is 6. The van der Waals surface area contributed by atoms with Gasteiger partial charge in [0.25, 0.3) is 23.6 Å². The van der Waals surface area contributed by atoms with Gasteiger partial charge in [0.2, 0.25) is 0 Å². The lowest BCUT2D eigenvalue weighted by Gasteiger charge is -2.17. The molecule has 196 valence electrons. The van der Waals surface area contributed by atoms with Gasteiger partial charge in [-0.15, -0.1) is 0 Å². The van der Waals surface area contributed by atoms with Crippen molar-refractivity contribution in [1.29, 1.82) is 0 Å². The Morgan fingerprint density at radius 2 is 1.12 bits per heavy atom. The Kier molecular flexibility index (Phi) is 5.85. The summed E-state index contributed by atoms with van der Waals surface area (Å²) in [5, 5.41) is 9.67. The van der Waals surface area contributed by atoms with E-state index in [0.717, 1.165) is 9.80 Å². The zero-order chi connectivity index (χ0) is 28.1. The van der Waals surface area contributed by atoms with E-state index >= 15 is 0 Å². The van der Waals surface area contributed by atoms with Crippen molar-refractivity contribution in [1.82, 2.24) is 0 Å². The summed E-state index contributed by atoms with van der Waals surface area (Å²) in [4.78, 5) is 68.1. The summed E-state index contributed by atoms with van der Waals surface area (Å²) in [6, 6.07) is 21.6. The average molecular weight is 533 g/mol. The van der Waals surface area contributed by atoms with Crippen molar-refractivity contribution in [2.45, 2.75) is 6.61 Å². The number of hydrogen-bond acceptors (Lipinski definition) is 7. The summed E-state index contributed by atoms with van der Waals surface area (Å²) >= 11 is 0. The summed E-state index contributed by atoms with van der Waals surface area (Å²) in [6.45, 7) is -0.360. The van der Waals surface area contributed by atoms with Crippen LogP contribution in [0.25, 0.3) is 0 Å². The van der Waals surface area contributed by atoms with Crippen LogP contribution in [0.1, 0.15) is 62.9 Å². The second-order valence-corrected chi connectivity index (χ2v) is 9.20. The molecular weight excluding hydrogens is 512 g/mol. The second kappa shape index (κ2) is 9.40. The number of fused-ring (bicyclic) bond motifs is 2. The number of para-hydroxylation sites is 3. The van der Waals surface area contributed by atoms with Gasteiger partial charge in [-0.1, -0.05) is 42.5 Å². The minimum absolute atomic E-state index is 0.0540. The average Bonchev–Trinajstić information content (AvgIpc) is 3.39. The summed E-state index contributed by atoms with van der Waals surface area (Å²) in [5.41, 5.74) is 1.66. The van der Waals surface area contributed by atoms with Crippen LogP contribution in [0.4, 0.5) is 11.4 Å². The fraction of sp³-hybridized carbons (Fsp3) is 0.0645. The van der Waals surface area contributed by atoms with Crippen LogP contribution in [0, 0.1) is 0 Å². The molecule has 0 bridgehead atoms. The third-order valence-electron chi connectivity index (χ3n) is 7.03. The van der Waals surface area contributed by atoms with Gasteiger partial charge in [-0.05, 0) is 42.5 Å². The second-order valence-electron chi connectivity index (χ2n) is 9.20. The number of carbonyl (C=O) groups excluding carboxylic acids is 5. The van der Waals surface area contributed by atoms with Crippen LogP contribution >= 0.6 is 0 Å². The number of carbonyl (C=O) groups is 5. The molecule has 9 heteroatoms. The standard InChI is InChI=1S/C31H20N2O7/c1-40-26-9-5-4-8-25(26)33-29(37)21-13-11-18(15-23(21)31(33)39)27(35)17-10-12-20-22(14-17)30(38)32(28(20)36)24-7-3-2-6-19(24)16-34/h2-15,34H,16H2,1H3. The first kappa shape index (κ1) is 24.9. The summed E-state index contributed by atoms with van der Waals surface area (Å²) in [6.07, 6.45) is 0. The van der Waals surface area contributed by atoms with E-state index in [1.807, 2.05) is 0 Å². The number of benzene rings is 4. The predicted octanol–water partition coefficient (Wildman–Crippen LogP) is 4.02. The normalized spacial score (nSPS) is 14.1. The Morgan fingerprint density at radius 3 is 1.68 bits per heavy atom. The molecule has 40 heavy (non-hydrogen) atoms. The fourth-order valence-corrected chi connectivity index (χ4v) is 5.05. The smallest absolute Gasteiger partial charge is 0.266 e. The topological polar surface area (TPSA) is 121 Å². The third kappa shape index (κ3) is 3.63. The SMILES string of the molecule is COc1ccccc1N1C(=O)c2ccc(C(=O)c3ccc4c(c3)C(=O)N(c3ccccc3CO)C4=O)cc2C1=O. The number of methoxy groups -OCH3 is 1. The Morgan fingerprint density at radius 1 is 0.650 bits per heavy atom. The number of imide groups is 2. The van der Waals surface area contributed by atoms with Crippen molar-refractivity contribution < 1.29 is 33.8 Å². The Bertz CT molecular complexity index is 1660. The minimum atomic E-state index is -0.613. The van der Waals surface area contributed by atoms with E-state index in [1.54, 1.807) is 48.5 Å². The Balaban J connectivity index is 1.33. The molecule has 9 nitrogen and oxygen atoms in total. The lowest BCUT2D eigenvalue weighted by atomic mass is 9.96. The van der Waals surface area contributed by atoms with E-state index in [2.05, 4.69) is 0 Å². The lowest BCUT2D eigenvalue weighted by Crippen LogP contribution is -2.30. The molecule has 4 aromatic carbocycles. The number of hydrogen-bond donors (Lipinski definition) is 1. The highest BCUT2D eigenvalue weighted by atomic mass is 16.5. The summed E-state index contributed by atoms with van der Waals surface area (Å²) < 4.78 is 5.31. The number of nitrogens with zero attached hydrogens (tertiary/aromatic N) is 2. The summed E-state index contributed by atoms with van der Waals surface area (Å²) in [7, 11) is 1.44. The van der Waals surface area contributed by atoms with E-state index in [-0.39, 0.29) is 45.7 Å².